The summed E-state index contributed by atoms with van der Waals surface area (Å²) in [5.74, 6) is 0.153. The first-order valence-corrected chi connectivity index (χ1v) is 7.07. The van der Waals surface area contributed by atoms with E-state index in [1.54, 1.807) is 13.8 Å². The van der Waals surface area contributed by atoms with E-state index in [9.17, 15) is 14.7 Å². The summed E-state index contributed by atoms with van der Waals surface area (Å²) in [6.45, 7) is 4.80. The van der Waals surface area contributed by atoms with E-state index < -0.39 is 5.60 Å². The van der Waals surface area contributed by atoms with Gasteiger partial charge in [0.2, 0.25) is 0 Å². The molecule has 19 heavy (non-hydrogen) atoms. The Labute approximate surface area is 115 Å². The Bertz CT molecular complexity index is 348. The Balaban J connectivity index is 2.58. The van der Waals surface area contributed by atoms with Gasteiger partial charge < -0.3 is 15.0 Å². The van der Waals surface area contributed by atoms with Gasteiger partial charge in [-0.1, -0.05) is 6.92 Å². The zero-order valence-corrected chi connectivity index (χ0v) is 12.2. The maximum absolute atomic E-state index is 12.3. The third-order valence-corrected chi connectivity index (χ3v) is 4.61. The zero-order valence-electron chi connectivity index (χ0n) is 12.2. The normalized spacial score (nSPS) is 31.0. The van der Waals surface area contributed by atoms with E-state index in [4.69, 9.17) is 5.11 Å². The van der Waals surface area contributed by atoms with Gasteiger partial charge in [0.15, 0.2) is 0 Å². The van der Waals surface area contributed by atoms with Gasteiger partial charge in [0.25, 0.3) is 0 Å². The first-order chi connectivity index (χ1) is 8.71. The van der Waals surface area contributed by atoms with Crippen molar-refractivity contribution in [2.45, 2.75) is 64.9 Å². The van der Waals surface area contributed by atoms with Crippen molar-refractivity contribution >= 4 is 11.6 Å². The molecule has 1 rings (SSSR count). The lowest BCUT2D eigenvalue weighted by Crippen LogP contribution is -2.45. The molecular formula is C15H26O4. The van der Waals surface area contributed by atoms with E-state index in [-0.39, 0.29) is 29.5 Å². The van der Waals surface area contributed by atoms with Crippen LogP contribution in [0.5, 0.6) is 0 Å². The van der Waals surface area contributed by atoms with Crippen molar-refractivity contribution < 1.29 is 19.8 Å². The zero-order chi connectivity index (χ0) is 14.7. The van der Waals surface area contributed by atoms with Crippen molar-refractivity contribution in [2.75, 3.05) is 6.61 Å². The second kappa shape index (κ2) is 6.14. The molecule has 1 aliphatic rings. The van der Waals surface area contributed by atoms with Crippen LogP contribution in [0.4, 0.5) is 0 Å². The van der Waals surface area contributed by atoms with Crippen LogP contribution in [0.1, 0.15) is 59.3 Å². The number of ketones is 2. The van der Waals surface area contributed by atoms with E-state index in [1.807, 2.05) is 6.92 Å². The van der Waals surface area contributed by atoms with E-state index in [2.05, 4.69) is 0 Å². The predicted molar refractivity (Wildman–Crippen MR) is 72.7 cm³/mol. The Kier molecular flexibility index (Phi) is 5.27. The molecule has 0 aliphatic heterocycles. The Morgan fingerprint density at radius 1 is 1.53 bits per heavy atom. The molecule has 4 heteroatoms. The van der Waals surface area contributed by atoms with E-state index in [0.717, 1.165) is 25.7 Å². The van der Waals surface area contributed by atoms with Gasteiger partial charge >= 0.3 is 0 Å². The molecule has 0 aromatic carbocycles. The molecule has 110 valence electrons. The minimum Gasteiger partial charge on any atom is -0.393 e. The predicted octanol–water partition coefficient (Wildman–Crippen LogP) is 1.86. The lowest BCUT2D eigenvalue weighted by molar-refractivity contribution is -0.139. The second-order valence-electron chi connectivity index (χ2n) is 6.49. The Morgan fingerprint density at radius 2 is 2.16 bits per heavy atom. The fourth-order valence-corrected chi connectivity index (χ4v) is 2.86. The average molecular weight is 270 g/mol. The molecule has 0 amide bonds. The molecule has 1 fully saturated rings. The summed E-state index contributed by atoms with van der Waals surface area (Å²) < 4.78 is 0. The van der Waals surface area contributed by atoms with Crippen LogP contribution in [-0.2, 0) is 9.59 Å². The average Bonchev–Trinajstić information content (AvgIpc) is 2.32. The number of rotatable bonds is 6. The van der Waals surface area contributed by atoms with Crippen molar-refractivity contribution in [3.8, 4) is 0 Å². The van der Waals surface area contributed by atoms with Crippen molar-refractivity contribution in [3.63, 3.8) is 0 Å². The highest BCUT2D eigenvalue weighted by Crippen LogP contribution is 2.42. The van der Waals surface area contributed by atoms with Gasteiger partial charge in [-0.25, -0.2) is 0 Å². The van der Waals surface area contributed by atoms with Crippen LogP contribution in [0.15, 0.2) is 0 Å². The summed E-state index contributed by atoms with van der Waals surface area (Å²) in [7, 11) is 0. The van der Waals surface area contributed by atoms with Gasteiger partial charge in [-0.3, -0.25) is 4.79 Å². The summed E-state index contributed by atoms with van der Waals surface area (Å²) in [6, 6.07) is 0. The van der Waals surface area contributed by atoms with E-state index >= 15 is 0 Å². The fourth-order valence-electron chi connectivity index (χ4n) is 2.86. The molecule has 2 N–H and O–H groups in total. The summed E-state index contributed by atoms with van der Waals surface area (Å²) in [4.78, 5) is 23.2. The summed E-state index contributed by atoms with van der Waals surface area (Å²) in [6.07, 6.45) is 3.81. The maximum Gasteiger partial charge on any atom is 0.139 e. The first kappa shape index (κ1) is 16.3. The molecule has 0 unspecified atom stereocenters. The molecule has 0 saturated heterocycles. The quantitative estimate of drug-likeness (QED) is 0.772. The van der Waals surface area contributed by atoms with Crippen molar-refractivity contribution in [3.05, 3.63) is 0 Å². The molecule has 0 spiro atoms. The molecule has 0 heterocycles. The SMILES string of the molecule is CC(=O)CCC[C@]1(C)CC[C@@H]([C@@](C)(O)CO)CC1=O. The molecule has 0 radical (unpaired) electrons. The summed E-state index contributed by atoms with van der Waals surface area (Å²) in [5, 5.41) is 19.2. The van der Waals surface area contributed by atoms with Crippen molar-refractivity contribution in [1.82, 2.24) is 0 Å². The second-order valence-corrected chi connectivity index (χ2v) is 6.49. The molecular weight excluding hydrogens is 244 g/mol. The minimum absolute atomic E-state index is 0.154. The van der Waals surface area contributed by atoms with Crippen molar-refractivity contribution in [1.29, 1.82) is 0 Å². The highest BCUT2D eigenvalue weighted by Gasteiger charge is 2.43. The maximum atomic E-state index is 12.3. The molecule has 0 bridgehead atoms. The van der Waals surface area contributed by atoms with Gasteiger partial charge in [-0.15, -0.1) is 0 Å². The van der Waals surface area contributed by atoms with Gasteiger partial charge in [0.05, 0.1) is 12.2 Å². The molecule has 0 aromatic heterocycles. The Morgan fingerprint density at radius 3 is 2.63 bits per heavy atom. The lowest BCUT2D eigenvalue weighted by Gasteiger charge is -2.41. The molecule has 1 aliphatic carbocycles. The number of carbonyl (C=O) groups excluding carboxylic acids is 2. The van der Waals surface area contributed by atoms with Crippen LogP contribution in [0.2, 0.25) is 0 Å². The van der Waals surface area contributed by atoms with Crippen LogP contribution in [0.3, 0.4) is 0 Å². The van der Waals surface area contributed by atoms with Crippen LogP contribution < -0.4 is 0 Å². The van der Waals surface area contributed by atoms with Gasteiger partial charge in [0.1, 0.15) is 11.6 Å². The van der Waals surface area contributed by atoms with Gasteiger partial charge in [0, 0.05) is 18.3 Å². The van der Waals surface area contributed by atoms with Gasteiger partial charge in [-0.2, -0.15) is 0 Å². The number of aliphatic hydroxyl groups excluding tert-OH is 1. The molecule has 0 aromatic rings. The Hall–Kier alpha value is -0.740. The standard InChI is InChI=1S/C15H26O4/c1-11(17)5-4-7-14(2)8-6-12(9-13(14)18)15(3,19)10-16/h12,16,19H,4-10H2,1-3H3/t12-,14-,15+/m1/s1. The van der Waals surface area contributed by atoms with Gasteiger partial charge in [-0.05, 0) is 45.4 Å². The highest BCUT2D eigenvalue weighted by molar-refractivity contribution is 5.85. The fraction of sp³-hybridized carbons (Fsp3) is 0.867. The van der Waals surface area contributed by atoms with E-state index in [0.29, 0.717) is 12.8 Å². The highest BCUT2D eigenvalue weighted by atomic mass is 16.3. The first-order valence-electron chi connectivity index (χ1n) is 7.07. The number of hydrogen-bond acceptors (Lipinski definition) is 4. The topological polar surface area (TPSA) is 74.6 Å². The minimum atomic E-state index is -1.17. The third kappa shape index (κ3) is 4.11. The smallest absolute Gasteiger partial charge is 0.139 e. The van der Waals surface area contributed by atoms with E-state index in [1.165, 1.54) is 0 Å². The molecule has 4 nitrogen and oxygen atoms in total. The third-order valence-electron chi connectivity index (χ3n) is 4.61. The molecule has 3 atom stereocenters. The summed E-state index contributed by atoms with van der Waals surface area (Å²) >= 11 is 0. The molecule has 1 saturated carbocycles. The summed E-state index contributed by atoms with van der Waals surface area (Å²) in [5.41, 5.74) is -1.53. The number of hydrogen-bond donors (Lipinski definition) is 2. The number of carbonyl (C=O) groups is 2. The van der Waals surface area contributed by atoms with Crippen LogP contribution in [-0.4, -0.2) is 34.0 Å². The number of aliphatic hydroxyl groups is 2. The monoisotopic (exact) mass is 270 g/mol. The van der Waals surface area contributed by atoms with Crippen LogP contribution >= 0.6 is 0 Å². The number of Topliss-reactive ketones (excluding diaryl/α,β-unsaturated/α-hetero) is 2. The lowest BCUT2D eigenvalue weighted by atomic mass is 9.65. The van der Waals surface area contributed by atoms with Crippen LogP contribution in [0, 0.1) is 11.3 Å². The van der Waals surface area contributed by atoms with Crippen LogP contribution in [0.25, 0.3) is 0 Å². The largest absolute Gasteiger partial charge is 0.393 e. The van der Waals surface area contributed by atoms with Crippen molar-refractivity contribution in [2.24, 2.45) is 11.3 Å².